The summed E-state index contributed by atoms with van der Waals surface area (Å²) in [7, 11) is 1.52. The van der Waals surface area contributed by atoms with Crippen LogP contribution in [0.1, 0.15) is 29.0 Å². The summed E-state index contributed by atoms with van der Waals surface area (Å²) in [5.74, 6) is -0.597. The van der Waals surface area contributed by atoms with Crippen LogP contribution in [0.4, 0.5) is 10.2 Å². The van der Waals surface area contributed by atoms with Gasteiger partial charge in [0, 0.05) is 30.4 Å². The van der Waals surface area contributed by atoms with E-state index in [0.29, 0.717) is 39.2 Å². The van der Waals surface area contributed by atoms with E-state index in [-0.39, 0.29) is 16.9 Å². The highest BCUT2D eigenvalue weighted by Crippen LogP contribution is 2.31. The molecular formula is C30H24FN7O3. The molecular weight excluding hydrogens is 525 g/mol. The van der Waals surface area contributed by atoms with Crippen LogP contribution in [-0.2, 0) is 0 Å². The van der Waals surface area contributed by atoms with Crippen molar-refractivity contribution in [3.05, 3.63) is 113 Å². The molecule has 0 unspecified atom stereocenters. The minimum absolute atomic E-state index is 0.0202. The molecule has 0 aliphatic carbocycles. The second kappa shape index (κ2) is 10.2. The minimum Gasteiger partial charge on any atom is -0.481 e. The summed E-state index contributed by atoms with van der Waals surface area (Å²) in [4.78, 5) is 36.1. The number of nitrogens with one attached hydrogen (secondary N) is 1. The number of methoxy groups -OCH3 is 1. The van der Waals surface area contributed by atoms with Crippen LogP contribution in [0.2, 0.25) is 0 Å². The highest BCUT2D eigenvalue weighted by atomic mass is 19.1. The number of fused-ring (bicyclic) bond motifs is 2. The first-order chi connectivity index (χ1) is 19.9. The first kappa shape index (κ1) is 25.7. The molecule has 6 rings (SSSR count). The van der Waals surface area contributed by atoms with Crippen LogP contribution in [0.5, 0.6) is 5.88 Å². The van der Waals surface area contributed by atoms with Crippen LogP contribution in [0.25, 0.3) is 33.2 Å². The van der Waals surface area contributed by atoms with Crippen LogP contribution in [0.3, 0.4) is 0 Å². The summed E-state index contributed by atoms with van der Waals surface area (Å²) in [6.07, 6.45) is 4.78. The van der Waals surface area contributed by atoms with E-state index in [1.54, 1.807) is 43.6 Å². The number of aromatic nitrogens is 5. The van der Waals surface area contributed by atoms with Gasteiger partial charge in [0.25, 0.3) is 11.5 Å². The van der Waals surface area contributed by atoms with Crippen molar-refractivity contribution in [3.8, 4) is 22.7 Å². The van der Waals surface area contributed by atoms with E-state index in [9.17, 15) is 14.0 Å². The van der Waals surface area contributed by atoms with Gasteiger partial charge in [-0.1, -0.05) is 24.3 Å². The third kappa shape index (κ3) is 4.52. The van der Waals surface area contributed by atoms with Gasteiger partial charge in [-0.15, -0.1) is 5.10 Å². The summed E-state index contributed by atoms with van der Waals surface area (Å²) in [5.41, 5.74) is 8.23. The van der Waals surface area contributed by atoms with Gasteiger partial charge >= 0.3 is 0 Å². The molecule has 0 aliphatic heterocycles. The number of nitrogens with two attached hydrogens (primary N) is 1. The molecule has 0 fully saturated rings. The molecule has 41 heavy (non-hydrogen) atoms. The van der Waals surface area contributed by atoms with E-state index in [0.717, 1.165) is 5.56 Å². The maximum atomic E-state index is 14.4. The third-order valence-corrected chi connectivity index (χ3v) is 6.84. The summed E-state index contributed by atoms with van der Waals surface area (Å²) < 4.78 is 22.5. The zero-order chi connectivity index (χ0) is 28.7. The summed E-state index contributed by atoms with van der Waals surface area (Å²) in [5, 5.41) is 8.14. The molecule has 204 valence electrons. The van der Waals surface area contributed by atoms with Crippen molar-refractivity contribution in [1.29, 1.82) is 0 Å². The molecule has 0 spiro atoms. The average molecular weight is 550 g/mol. The molecule has 4 heterocycles. The van der Waals surface area contributed by atoms with Gasteiger partial charge in [-0.05, 0) is 59.8 Å². The molecule has 0 saturated heterocycles. The van der Waals surface area contributed by atoms with Crippen molar-refractivity contribution in [2.24, 2.45) is 0 Å². The van der Waals surface area contributed by atoms with E-state index in [2.05, 4.69) is 20.4 Å². The maximum Gasteiger partial charge on any atom is 0.263 e. The standard InChI is InChI=1S/C30H24FN7O3/c1-17(35-29(39)26-27(32)36-37-13-5-11-34-28(26)37)23-14-19-6-3-9-22(18-10-12-33-24(15-18)41-2)25(19)30(40)38(23)21-8-4-7-20(31)16-21/h3-17H,1-2H3,(H2,32,36)(H,35,39)/t17-/m0/s1. The number of carbonyl (C=O) groups excluding carboxylic acids is 1. The Morgan fingerprint density at radius 1 is 1.05 bits per heavy atom. The Bertz CT molecular complexity index is 2020. The number of nitrogens with zero attached hydrogens (tertiary/aromatic N) is 5. The number of amides is 1. The zero-order valence-electron chi connectivity index (χ0n) is 22.1. The smallest absolute Gasteiger partial charge is 0.263 e. The van der Waals surface area contributed by atoms with E-state index in [1.165, 1.54) is 40.6 Å². The second-order valence-corrected chi connectivity index (χ2v) is 9.39. The van der Waals surface area contributed by atoms with Crippen LogP contribution in [-0.4, -0.2) is 37.2 Å². The SMILES string of the molecule is COc1cc(-c2cccc3cc([C@H](C)NC(=O)c4c(N)nn5cccnc45)n(-c4cccc(F)c4)c(=O)c23)ccn1. The zero-order valence-corrected chi connectivity index (χ0v) is 22.1. The Morgan fingerprint density at radius 3 is 2.68 bits per heavy atom. The normalized spacial score (nSPS) is 12.0. The van der Waals surface area contributed by atoms with Crippen LogP contribution >= 0.6 is 0 Å². The van der Waals surface area contributed by atoms with Crippen LogP contribution in [0, 0.1) is 5.82 Å². The Balaban J connectivity index is 1.53. The second-order valence-electron chi connectivity index (χ2n) is 9.39. The van der Waals surface area contributed by atoms with Crippen molar-refractivity contribution in [1.82, 2.24) is 29.5 Å². The highest BCUT2D eigenvalue weighted by Gasteiger charge is 2.24. The molecule has 4 aromatic heterocycles. The van der Waals surface area contributed by atoms with E-state index in [1.807, 2.05) is 24.3 Å². The van der Waals surface area contributed by atoms with E-state index < -0.39 is 17.8 Å². The van der Waals surface area contributed by atoms with E-state index >= 15 is 0 Å². The number of halogens is 1. The molecule has 3 N–H and O–H groups in total. The summed E-state index contributed by atoms with van der Waals surface area (Å²) in [6, 6.07) is 17.5. The Kier molecular flexibility index (Phi) is 6.38. The number of ether oxygens (including phenoxy) is 1. The van der Waals surface area contributed by atoms with Crippen molar-refractivity contribution < 1.29 is 13.9 Å². The molecule has 11 heteroatoms. The van der Waals surface area contributed by atoms with Gasteiger partial charge in [0.05, 0.1) is 24.2 Å². The topological polar surface area (TPSA) is 129 Å². The van der Waals surface area contributed by atoms with Crippen LogP contribution < -0.4 is 21.3 Å². The van der Waals surface area contributed by atoms with Crippen molar-refractivity contribution >= 4 is 28.1 Å². The predicted molar refractivity (Wildman–Crippen MR) is 153 cm³/mol. The van der Waals surface area contributed by atoms with E-state index in [4.69, 9.17) is 10.5 Å². The monoisotopic (exact) mass is 549 g/mol. The fraction of sp³-hybridized carbons (Fsp3) is 0.100. The summed E-state index contributed by atoms with van der Waals surface area (Å²) in [6.45, 7) is 1.74. The fourth-order valence-corrected chi connectivity index (χ4v) is 4.98. The molecule has 2 aromatic carbocycles. The molecule has 0 saturated carbocycles. The van der Waals surface area contributed by atoms with Gasteiger partial charge in [-0.25, -0.2) is 18.9 Å². The molecule has 0 aliphatic rings. The average Bonchev–Trinajstić information content (AvgIpc) is 3.32. The third-order valence-electron chi connectivity index (χ3n) is 6.84. The Morgan fingerprint density at radius 2 is 1.88 bits per heavy atom. The fourth-order valence-electron chi connectivity index (χ4n) is 4.98. The first-order valence-electron chi connectivity index (χ1n) is 12.7. The molecule has 1 amide bonds. The van der Waals surface area contributed by atoms with Gasteiger partial charge in [0.15, 0.2) is 11.5 Å². The lowest BCUT2D eigenvalue weighted by Crippen LogP contribution is -2.32. The number of benzene rings is 2. The molecule has 10 nitrogen and oxygen atoms in total. The highest BCUT2D eigenvalue weighted by molar-refractivity contribution is 6.04. The lowest BCUT2D eigenvalue weighted by atomic mass is 9.98. The molecule has 0 bridgehead atoms. The summed E-state index contributed by atoms with van der Waals surface area (Å²) >= 11 is 0. The van der Waals surface area contributed by atoms with Crippen molar-refractivity contribution in [3.63, 3.8) is 0 Å². The quantitative estimate of drug-likeness (QED) is 0.317. The van der Waals surface area contributed by atoms with Gasteiger partial charge in [-0.3, -0.25) is 14.2 Å². The van der Waals surface area contributed by atoms with Gasteiger partial charge in [-0.2, -0.15) is 0 Å². The molecule has 6 aromatic rings. The largest absolute Gasteiger partial charge is 0.481 e. The van der Waals surface area contributed by atoms with Crippen molar-refractivity contribution in [2.45, 2.75) is 13.0 Å². The number of pyridine rings is 2. The van der Waals surface area contributed by atoms with Gasteiger partial charge < -0.3 is 15.8 Å². The molecule has 0 radical (unpaired) electrons. The van der Waals surface area contributed by atoms with Gasteiger partial charge in [0.1, 0.15) is 11.4 Å². The minimum atomic E-state index is -0.703. The lowest BCUT2D eigenvalue weighted by molar-refractivity contribution is 0.0941. The first-order valence-corrected chi connectivity index (χ1v) is 12.7. The van der Waals surface area contributed by atoms with Crippen LogP contribution in [0.15, 0.2) is 90.1 Å². The van der Waals surface area contributed by atoms with Gasteiger partial charge in [0.2, 0.25) is 5.88 Å². The number of rotatable bonds is 6. The molecule has 1 atom stereocenters. The number of carbonyl (C=O) groups is 1. The number of hydrogen-bond acceptors (Lipinski definition) is 7. The van der Waals surface area contributed by atoms with Crippen molar-refractivity contribution in [2.75, 3.05) is 12.8 Å². The number of hydrogen-bond donors (Lipinski definition) is 2. The lowest BCUT2D eigenvalue weighted by Gasteiger charge is -2.22. The Labute approximate surface area is 232 Å². The number of anilines is 1. The maximum absolute atomic E-state index is 14.4. The number of nitrogen functional groups attached to an aromatic ring is 1. The predicted octanol–water partition coefficient (Wildman–Crippen LogP) is 4.32. The Hall–Kier alpha value is -5.58.